The summed E-state index contributed by atoms with van der Waals surface area (Å²) < 4.78 is 5.32. The molecule has 5 heteroatoms. The number of amides is 1. The number of carbonyl (C=O) groups excluding carboxylic acids is 2. The van der Waals surface area contributed by atoms with Crippen LogP contribution in [0.3, 0.4) is 0 Å². The lowest BCUT2D eigenvalue weighted by atomic mass is 10.1. The Labute approximate surface area is 168 Å². The molecule has 0 saturated heterocycles. The molecule has 0 heterocycles. The molecule has 142 valence electrons. The van der Waals surface area contributed by atoms with Crippen LogP contribution in [0.5, 0.6) is 5.75 Å². The summed E-state index contributed by atoms with van der Waals surface area (Å²) in [5, 5.41) is 12.1. The average Bonchev–Trinajstić information content (AvgIpc) is 2.75. The van der Waals surface area contributed by atoms with Gasteiger partial charge in [0, 0.05) is 5.69 Å². The fraction of sp³-hybridized carbons (Fsp3) is 0.0417. The molecule has 0 saturated carbocycles. The number of rotatable bonds is 5. The lowest BCUT2D eigenvalue weighted by Gasteiger charge is -2.07. The van der Waals surface area contributed by atoms with Crippen molar-refractivity contribution >= 4 is 23.6 Å². The van der Waals surface area contributed by atoms with Gasteiger partial charge in [-0.3, -0.25) is 4.79 Å². The summed E-state index contributed by atoms with van der Waals surface area (Å²) >= 11 is 0. The Morgan fingerprint density at radius 3 is 2.24 bits per heavy atom. The SMILES string of the molecule is Cc1ccccc1NC(=O)/C(C#N)=C/c1ccc(OC(=O)c2ccccc2)cc1. The summed E-state index contributed by atoms with van der Waals surface area (Å²) in [6.45, 7) is 1.88. The molecule has 0 aliphatic rings. The second-order valence-electron chi connectivity index (χ2n) is 6.26. The van der Waals surface area contributed by atoms with Crippen LogP contribution in [-0.2, 0) is 4.79 Å². The van der Waals surface area contributed by atoms with Gasteiger partial charge < -0.3 is 10.1 Å². The van der Waals surface area contributed by atoms with E-state index in [-0.39, 0.29) is 5.57 Å². The van der Waals surface area contributed by atoms with Crippen LogP contribution in [0.2, 0.25) is 0 Å². The zero-order valence-electron chi connectivity index (χ0n) is 15.8. The molecular formula is C24H18N2O3. The van der Waals surface area contributed by atoms with Crippen LogP contribution in [0, 0.1) is 18.3 Å². The minimum absolute atomic E-state index is 0.0257. The Hall–Kier alpha value is -4.17. The van der Waals surface area contributed by atoms with Gasteiger partial charge in [-0.15, -0.1) is 0 Å². The molecule has 3 rings (SSSR count). The van der Waals surface area contributed by atoms with Gasteiger partial charge in [-0.1, -0.05) is 48.5 Å². The van der Waals surface area contributed by atoms with Gasteiger partial charge in [-0.2, -0.15) is 5.26 Å². The Balaban J connectivity index is 1.70. The van der Waals surface area contributed by atoms with Crippen LogP contribution >= 0.6 is 0 Å². The summed E-state index contributed by atoms with van der Waals surface area (Å²) in [4.78, 5) is 24.5. The molecule has 3 aromatic rings. The zero-order valence-corrected chi connectivity index (χ0v) is 15.8. The van der Waals surface area contributed by atoms with Gasteiger partial charge in [0.25, 0.3) is 5.91 Å². The number of hydrogen-bond donors (Lipinski definition) is 1. The first-order chi connectivity index (χ1) is 14.1. The maximum Gasteiger partial charge on any atom is 0.343 e. The molecule has 0 fully saturated rings. The van der Waals surface area contributed by atoms with Crippen molar-refractivity contribution in [2.45, 2.75) is 6.92 Å². The summed E-state index contributed by atoms with van der Waals surface area (Å²) in [5.74, 6) is -0.565. The highest BCUT2D eigenvalue weighted by molar-refractivity contribution is 6.09. The smallest absolute Gasteiger partial charge is 0.343 e. The van der Waals surface area contributed by atoms with Crippen molar-refractivity contribution < 1.29 is 14.3 Å². The van der Waals surface area contributed by atoms with Crippen LogP contribution in [0.1, 0.15) is 21.5 Å². The Morgan fingerprint density at radius 1 is 0.931 bits per heavy atom. The lowest BCUT2D eigenvalue weighted by molar-refractivity contribution is -0.112. The van der Waals surface area contributed by atoms with E-state index in [0.29, 0.717) is 22.6 Å². The van der Waals surface area contributed by atoms with Crippen molar-refractivity contribution in [1.29, 1.82) is 5.26 Å². The minimum atomic E-state index is -0.485. The summed E-state index contributed by atoms with van der Waals surface area (Å²) in [7, 11) is 0. The van der Waals surface area contributed by atoms with Gasteiger partial charge >= 0.3 is 5.97 Å². The van der Waals surface area contributed by atoms with Crippen molar-refractivity contribution in [2.24, 2.45) is 0 Å². The maximum absolute atomic E-state index is 12.4. The normalized spacial score (nSPS) is 10.7. The number of anilines is 1. The topological polar surface area (TPSA) is 79.2 Å². The lowest BCUT2D eigenvalue weighted by Crippen LogP contribution is -2.14. The zero-order chi connectivity index (χ0) is 20.6. The van der Waals surface area contributed by atoms with E-state index in [1.165, 1.54) is 6.08 Å². The van der Waals surface area contributed by atoms with Crippen LogP contribution < -0.4 is 10.1 Å². The van der Waals surface area contributed by atoms with Crippen LogP contribution in [0.15, 0.2) is 84.4 Å². The van der Waals surface area contributed by atoms with Gasteiger partial charge in [-0.25, -0.2) is 4.79 Å². The average molecular weight is 382 g/mol. The molecule has 3 aromatic carbocycles. The third kappa shape index (κ3) is 5.18. The number of esters is 1. The van der Waals surface area contributed by atoms with Crippen molar-refractivity contribution in [3.63, 3.8) is 0 Å². The Morgan fingerprint density at radius 2 is 1.59 bits per heavy atom. The van der Waals surface area contributed by atoms with E-state index in [2.05, 4.69) is 5.32 Å². The summed E-state index contributed by atoms with van der Waals surface area (Å²) in [6, 6.07) is 24.5. The van der Waals surface area contributed by atoms with Crippen molar-refractivity contribution in [1.82, 2.24) is 0 Å². The standard InChI is InChI=1S/C24H18N2O3/c1-17-7-5-6-10-22(17)26-23(27)20(16-25)15-18-11-13-21(14-12-18)29-24(28)19-8-3-2-4-9-19/h2-15H,1H3,(H,26,27)/b20-15+. The van der Waals surface area contributed by atoms with E-state index < -0.39 is 11.9 Å². The number of nitrogens with one attached hydrogen (secondary N) is 1. The molecule has 0 atom stereocenters. The van der Waals surface area contributed by atoms with E-state index >= 15 is 0 Å². The number of nitriles is 1. The van der Waals surface area contributed by atoms with E-state index in [9.17, 15) is 14.9 Å². The molecule has 0 radical (unpaired) electrons. The van der Waals surface area contributed by atoms with Crippen molar-refractivity contribution in [2.75, 3.05) is 5.32 Å². The number of nitrogens with zero attached hydrogens (tertiary/aromatic N) is 1. The predicted octanol–water partition coefficient (Wildman–Crippen LogP) is 4.76. The van der Waals surface area contributed by atoms with E-state index in [1.54, 1.807) is 54.6 Å². The number of para-hydroxylation sites is 1. The molecule has 1 N–H and O–H groups in total. The molecule has 0 aliphatic heterocycles. The largest absolute Gasteiger partial charge is 0.423 e. The molecule has 0 aromatic heterocycles. The highest BCUT2D eigenvalue weighted by atomic mass is 16.5. The molecule has 0 spiro atoms. The van der Waals surface area contributed by atoms with E-state index in [0.717, 1.165) is 5.56 Å². The van der Waals surface area contributed by atoms with Crippen LogP contribution in [-0.4, -0.2) is 11.9 Å². The second-order valence-corrected chi connectivity index (χ2v) is 6.26. The maximum atomic E-state index is 12.4. The first-order valence-corrected chi connectivity index (χ1v) is 8.93. The molecule has 29 heavy (non-hydrogen) atoms. The predicted molar refractivity (Wildman–Crippen MR) is 111 cm³/mol. The summed E-state index contributed by atoms with van der Waals surface area (Å²) in [6.07, 6.45) is 1.48. The van der Waals surface area contributed by atoms with Crippen LogP contribution in [0.25, 0.3) is 6.08 Å². The Kier molecular flexibility index (Phi) is 6.18. The fourth-order valence-electron chi connectivity index (χ4n) is 2.59. The van der Waals surface area contributed by atoms with Gasteiger partial charge in [-0.05, 0) is 54.5 Å². The first-order valence-electron chi connectivity index (χ1n) is 8.93. The summed E-state index contributed by atoms with van der Waals surface area (Å²) in [5.41, 5.74) is 2.63. The molecule has 5 nitrogen and oxygen atoms in total. The molecule has 0 bridgehead atoms. The number of benzene rings is 3. The van der Waals surface area contributed by atoms with Gasteiger partial charge in [0.15, 0.2) is 0 Å². The van der Waals surface area contributed by atoms with Crippen molar-refractivity contribution in [3.8, 4) is 11.8 Å². The molecular weight excluding hydrogens is 364 g/mol. The van der Waals surface area contributed by atoms with E-state index in [1.807, 2.05) is 37.3 Å². The Bertz CT molecular complexity index is 1090. The molecule has 0 unspecified atom stereocenters. The van der Waals surface area contributed by atoms with Crippen molar-refractivity contribution in [3.05, 3.63) is 101 Å². The van der Waals surface area contributed by atoms with Gasteiger partial charge in [0.05, 0.1) is 5.56 Å². The first kappa shape index (κ1) is 19.6. The number of aryl methyl sites for hydroxylation is 1. The number of ether oxygens (including phenoxy) is 1. The van der Waals surface area contributed by atoms with Gasteiger partial charge in [0.1, 0.15) is 17.4 Å². The number of carbonyl (C=O) groups is 2. The second kappa shape index (κ2) is 9.16. The highest BCUT2D eigenvalue weighted by Gasteiger charge is 2.11. The van der Waals surface area contributed by atoms with Gasteiger partial charge in [0.2, 0.25) is 0 Å². The van der Waals surface area contributed by atoms with Crippen LogP contribution in [0.4, 0.5) is 5.69 Å². The quantitative estimate of drug-likeness (QED) is 0.299. The van der Waals surface area contributed by atoms with E-state index in [4.69, 9.17) is 4.74 Å². The third-order valence-electron chi connectivity index (χ3n) is 4.17. The fourth-order valence-corrected chi connectivity index (χ4v) is 2.59. The minimum Gasteiger partial charge on any atom is -0.423 e. The number of hydrogen-bond acceptors (Lipinski definition) is 4. The molecule has 0 aliphatic carbocycles. The highest BCUT2D eigenvalue weighted by Crippen LogP contribution is 2.18. The third-order valence-corrected chi connectivity index (χ3v) is 4.17. The monoisotopic (exact) mass is 382 g/mol. The molecule has 1 amide bonds.